The van der Waals surface area contributed by atoms with Gasteiger partial charge >= 0.3 is 6.09 Å². The third-order valence-electron chi connectivity index (χ3n) is 9.35. The first kappa shape index (κ1) is 38.1. The topological polar surface area (TPSA) is 168 Å². The van der Waals surface area contributed by atoms with Crippen molar-refractivity contribution in [3.63, 3.8) is 0 Å². The molecule has 0 bridgehead atoms. The lowest BCUT2D eigenvalue weighted by molar-refractivity contribution is 0.0636. The number of nitrogens with zero attached hydrogens (tertiary/aromatic N) is 5. The van der Waals surface area contributed by atoms with Gasteiger partial charge in [-0.2, -0.15) is 10.2 Å². The van der Waals surface area contributed by atoms with Gasteiger partial charge in [-0.15, -0.1) is 12.4 Å². The Morgan fingerprint density at radius 3 is 1.79 bits per heavy atom. The number of hydrogen-bond acceptors (Lipinski definition) is 7. The van der Waals surface area contributed by atoms with E-state index in [0.29, 0.717) is 17.0 Å². The molecule has 3 aromatic carbocycles. The number of aromatic amines is 3. The van der Waals surface area contributed by atoms with Gasteiger partial charge in [-0.1, -0.05) is 91.0 Å². The van der Waals surface area contributed by atoms with E-state index in [1.165, 1.54) is 0 Å². The van der Waals surface area contributed by atoms with Crippen molar-refractivity contribution < 1.29 is 9.53 Å². The van der Waals surface area contributed by atoms with Crippen LogP contribution in [0.2, 0.25) is 0 Å². The Morgan fingerprint density at radius 2 is 1.25 bits per heavy atom. The summed E-state index contributed by atoms with van der Waals surface area (Å²) < 4.78 is 7.46. The number of nitrogens with one attached hydrogen (secondary N) is 4. The van der Waals surface area contributed by atoms with E-state index in [1.807, 2.05) is 80.6 Å². The van der Waals surface area contributed by atoms with E-state index in [2.05, 4.69) is 114 Å². The molecule has 0 spiro atoms. The standard InChI is InChI=1S/C34H31N5O2.C10H9N5.ClH/c1-33(2,3)41-32(40)38-28-19-29-30(22-36-31(29)35-21-28)24-20-37-39(23-24)34(25-13-7-4-8-14-25,26-15-9-5-10-16-26)27-17-11-6-12-18-27;11-7-1-8-9(6-2-14-15-3-6)5-13-10(8)12-4-7;/h4-23H,1-3H3,(H,35,36)(H,38,40);1-5H,11H2,(H,12,13)(H,14,15);1H. The molecule has 9 rings (SSSR count). The van der Waals surface area contributed by atoms with E-state index in [-0.39, 0.29) is 12.4 Å². The van der Waals surface area contributed by atoms with Gasteiger partial charge in [0, 0.05) is 57.8 Å². The highest BCUT2D eigenvalue weighted by atomic mass is 35.5. The van der Waals surface area contributed by atoms with E-state index in [4.69, 9.17) is 15.6 Å². The SMILES string of the molecule is CC(C)(C)OC(=O)Nc1cnc2[nH]cc(-c3cnn(C(c4ccccc4)(c4ccccc4)c4ccccc4)c3)c2c1.Cl.Nc1cnc2[nH]cc(-c3cn[nH]c3)c2c1. The van der Waals surface area contributed by atoms with Crippen LogP contribution < -0.4 is 11.1 Å². The summed E-state index contributed by atoms with van der Waals surface area (Å²) >= 11 is 0. The van der Waals surface area contributed by atoms with Gasteiger partial charge in [0.2, 0.25) is 0 Å². The van der Waals surface area contributed by atoms with Gasteiger partial charge < -0.3 is 20.4 Å². The first-order valence-electron chi connectivity index (χ1n) is 18.1. The number of amides is 1. The van der Waals surface area contributed by atoms with Crippen LogP contribution in [0, 0.1) is 0 Å². The molecule has 0 saturated heterocycles. The lowest BCUT2D eigenvalue weighted by Gasteiger charge is -2.36. The van der Waals surface area contributed by atoms with Crippen LogP contribution >= 0.6 is 12.4 Å². The summed E-state index contributed by atoms with van der Waals surface area (Å²) in [7, 11) is 0. The van der Waals surface area contributed by atoms with E-state index < -0.39 is 17.2 Å². The summed E-state index contributed by atoms with van der Waals surface area (Å²) in [5.41, 5.74) is 14.3. The normalized spacial score (nSPS) is 11.4. The summed E-state index contributed by atoms with van der Waals surface area (Å²) in [4.78, 5) is 27.5. The van der Waals surface area contributed by atoms with Crippen molar-refractivity contribution in [1.29, 1.82) is 0 Å². The minimum atomic E-state index is -0.712. The molecule has 0 atom stereocenters. The smallest absolute Gasteiger partial charge is 0.412 e. The van der Waals surface area contributed by atoms with Crippen LogP contribution in [0.4, 0.5) is 16.2 Å². The summed E-state index contributed by atoms with van der Waals surface area (Å²) in [6, 6.07) is 35.1. The second kappa shape index (κ2) is 15.9. The van der Waals surface area contributed by atoms with Gasteiger partial charge in [0.05, 0.1) is 36.2 Å². The Morgan fingerprint density at radius 1 is 0.702 bits per heavy atom. The molecule has 0 unspecified atom stereocenters. The number of fused-ring (bicyclic) bond motifs is 2. The van der Waals surface area contributed by atoms with Crippen molar-refractivity contribution in [1.82, 2.24) is 39.9 Å². The number of benzene rings is 3. The molecule has 0 saturated carbocycles. The Labute approximate surface area is 335 Å². The molecule has 57 heavy (non-hydrogen) atoms. The summed E-state index contributed by atoms with van der Waals surface area (Å²) in [5, 5.41) is 16.4. The van der Waals surface area contributed by atoms with Gasteiger partial charge in [-0.25, -0.2) is 14.8 Å². The Balaban J connectivity index is 0.000000258. The average molecular weight is 777 g/mol. The second-order valence-electron chi connectivity index (χ2n) is 14.3. The molecular weight excluding hydrogens is 736 g/mol. The molecule has 0 aliphatic heterocycles. The molecule has 0 aliphatic carbocycles. The number of nitrogen functional groups attached to an aromatic ring is 1. The largest absolute Gasteiger partial charge is 0.444 e. The third kappa shape index (κ3) is 7.71. The molecule has 6 aromatic heterocycles. The number of carbonyl (C=O) groups is 1. The minimum absolute atomic E-state index is 0. The maximum Gasteiger partial charge on any atom is 0.412 e. The molecule has 6 N–H and O–H groups in total. The third-order valence-corrected chi connectivity index (χ3v) is 9.35. The molecule has 12 nitrogen and oxygen atoms in total. The summed E-state index contributed by atoms with van der Waals surface area (Å²) in [6.07, 6.45) is 14.1. The van der Waals surface area contributed by atoms with Gasteiger partial charge in [-0.05, 0) is 49.6 Å². The van der Waals surface area contributed by atoms with Gasteiger partial charge in [0.1, 0.15) is 22.4 Å². The van der Waals surface area contributed by atoms with Crippen molar-refractivity contribution in [3.05, 3.63) is 169 Å². The molecular formula is C44H41ClN10O2. The van der Waals surface area contributed by atoms with Gasteiger partial charge in [-0.3, -0.25) is 15.1 Å². The van der Waals surface area contributed by atoms with Crippen molar-refractivity contribution in [2.75, 3.05) is 11.1 Å². The Hall–Kier alpha value is -7.18. The molecule has 9 aromatic rings. The zero-order valence-corrected chi connectivity index (χ0v) is 32.3. The molecule has 6 heterocycles. The number of H-pyrrole nitrogens is 3. The summed E-state index contributed by atoms with van der Waals surface area (Å²) in [6.45, 7) is 5.49. The van der Waals surface area contributed by atoms with Crippen molar-refractivity contribution in [2.24, 2.45) is 0 Å². The lowest BCUT2D eigenvalue weighted by atomic mass is 9.77. The molecule has 0 radical (unpaired) electrons. The van der Waals surface area contributed by atoms with Crippen molar-refractivity contribution in [3.8, 4) is 22.3 Å². The fourth-order valence-electron chi connectivity index (χ4n) is 6.97. The molecule has 0 fully saturated rings. The Bertz CT molecular complexity index is 2620. The highest BCUT2D eigenvalue weighted by Crippen LogP contribution is 2.41. The highest BCUT2D eigenvalue weighted by molar-refractivity contribution is 5.97. The number of carbonyl (C=O) groups excluding carboxylic acids is 1. The Kier molecular flexibility index (Phi) is 10.6. The second-order valence-corrected chi connectivity index (χ2v) is 14.3. The number of hydrogen-bond donors (Lipinski definition) is 5. The van der Waals surface area contributed by atoms with E-state index >= 15 is 0 Å². The fraction of sp³-hybridized carbons (Fsp3) is 0.114. The number of pyridine rings is 2. The van der Waals surface area contributed by atoms with Crippen LogP contribution in [-0.4, -0.2) is 51.6 Å². The predicted octanol–water partition coefficient (Wildman–Crippen LogP) is 9.57. The minimum Gasteiger partial charge on any atom is -0.444 e. The maximum atomic E-state index is 12.4. The van der Waals surface area contributed by atoms with Gasteiger partial charge in [0.15, 0.2) is 0 Å². The van der Waals surface area contributed by atoms with Crippen LogP contribution in [0.25, 0.3) is 44.3 Å². The summed E-state index contributed by atoms with van der Waals surface area (Å²) in [5.74, 6) is 0. The number of halogens is 1. The van der Waals surface area contributed by atoms with Crippen LogP contribution in [0.3, 0.4) is 0 Å². The number of anilines is 2. The molecule has 286 valence electrons. The zero-order chi connectivity index (χ0) is 38.7. The quantitative estimate of drug-likeness (QED) is 0.100. The molecule has 0 aliphatic rings. The molecule has 1 amide bonds. The predicted molar refractivity (Wildman–Crippen MR) is 227 cm³/mol. The number of ether oxygens (including phenoxy) is 1. The molecule has 13 heteroatoms. The first-order valence-corrected chi connectivity index (χ1v) is 18.1. The van der Waals surface area contributed by atoms with Crippen LogP contribution in [0.5, 0.6) is 0 Å². The number of rotatable bonds is 7. The van der Waals surface area contributed by atoms with E-state index in [0.717, 1.165) is 55.4 Å². The highest BCUT2D eigenvalue weighted by Gasteiger charge is 2.39. The number of aromatic nitrogens is 8. The van der Waals surface area contributed by atoms with Gasteiger partial charge in [0.25, 0.3) is 0 Å². The first-order chi connectivity index (χ1) is 27.2. The van der Waals surface area contributed by atoms with Crippen molar-refractivity contribution >= 4 is 51.9 Å². The zero-order valence-electron chi connectivity index (χ0n) is 31.5. The monoisotopic (exact) mass is 776 g/mol. The maximum absolute atomic E-state index is 12.4. The lowest BCUT2D eigenvalue weighted by Crippen LogP contribution is -2.38. The van der Waals surface area contributed by atoms with Crippen molar-refractivity contribution in [2.45, 2.75) is 31.9 Å². The van der Waals surface area contributed by atoms with Crippen LogP contribution in [-0.2, 0) is 10.3 Å². The van der Waals surface area contributed by atoms with Crippen LogP contribution in [0.15, 0.2) is 153 Å². The average Bonchev–Trinajstić information content (AvgIpc) is 4.03. The number of nitrogens with two attached hydrogens (primary N) is 1. The fourth-order valence-corrected chi connectivity index (χ4v) is 6.97. The van der Waals surface area contributed by atoms with E-state index in [1.54, 1.807) is 18.6 Å². The van der Waals surface area contributed by atoms with Crippen LogP contribution in [0.1, 0.15) is 37.5 Å². The van der Waals surface area contributed by atoms with E-state index in [9.17, 15) is 4.79 Å².